The summed E-state index contributed by atoms with van der Waals surface area (Å²) in [6, 6.07) is 7.39. The number of nitrogens with one attached hydrogen (secondary N) is 1. The van der Waals surface area contributed by atoms with E-state index in [9.17, 15) is 4.79 Å². The Kier molecular flexibility index (Phi) is 2.85. The molecular formula is C12H9N3O2. The molecule has 1 aromatic carbocycles. The lowest BCUT2D eigenvalue weighted by Crippen LogP contribution is -2.18. The number of carbonyl (C=O) groups excluding carboxylic acids is 1. The number of aromatic amines is 1. The van der Waals surface area contributed by atoms with E-state index < -0.39 is 5.97 Å². The molecule has 0 aliphatic carbocycles. The highest BCUT2D eigenvalue weighted by atomic mass is 16.5. The van der Waals surface area contributed by atoms with Gasteiger partial charge < -0.3 is 15.3 Å². The van der Waals surface area contributed by atoms with Crippen molar-refractivity contribution in [1.29, 1.82) is 0 Å². The molecule has 0 saturated heterocycles. The standard InChI is InChI=1S/C12H9N3O2/c1-2-9(15-13)12(16)17-11-7-14-10-6-4-3-5-8(10)11/h2-7,14H,1H2. The first-order valence-electron chi connectivity index (χ1n) is 4.89. The van der Waals surface area contributed by atoms with Gasteiger partial charge in [0.05, 0.1) is 0 Å². The highest BCUT2D eigenvalue weighted by Gasteiger charge is 2.20. The number of hydrogen-bond acceptors (Lipinski definition) is 2. The second-order valence-electron chi connectivity index (χ2n) is 3.28. The lowest BCUT2D eigenvalue weighted by atomic mass is 10.2. The third-order valence-corrected chi connectivity index (χ3v) is 2.26. The van der Waals surface area contributed by atoms with Crippen molar-refractivity contribution in [3.8, 4) is 5.75 Å². The number of H-pyrrole nitrogens is 1. The second-order valence-corrected chi connectivity index (χ2v) is 3.28. The topological polar surface area (TPSA) is 78.5 Å². The van der Waals surface area contributed by atoms with Crippen molar-refractivity contribution in [2.24, 2.45) is 0 Å². The SMILES string of the molecule is C=CC(=[N+]=[N-])C(=O)Oc1c[nH]c2ccccc12. The zero-order valence-electron chi connectivity index (χ0n) is 8.88. The van der Waals surface area contributed by atoms with Gasteiger partial charge in [0.1, 0.15) is 0 Å². The van der Waals surface area contributed by atoms with Crippen LogP contribution in [0.4, 0.5) is 0 Å². The molecule has 0 fully saturated rings. The number of hydrogen-bond donors (Lipinski definition) is 1. The van der Waals surface area contributed by atoms with E-state index in [4.69, 9.17) is 10.3 Å². The molecule has 1 N–H and O–H groups in total. The number of benzene rings is 1. The van der Waals surface area contributed by atoms with Gasteiger partial charge in [0.15, 0.2) is 5.75 Å². The smallest absolute Gasteiger partial charge is 0.415 e. The summed E-state index contributed by atoms with van der Waals surface area (Å²) in [6.45, 7) is 3.35. The molecule has 0 unspecified atom stereocenters. The quantitative estimate of drug-likeness (QED) is 0.376. The predicted octanol–water partition coefficient (Wildman–Crippen LogP) is 1.93. The minimum Gasteiger partial charge on any atom is -0.415 e. The Hall–Kier alpha value is -2.65. The summed E-state index contributed by atoms with van der Waals surface area (Å²) in [5.41, 5.74) is 9.16. The fourth-order valence-corrected chi connectivity index (χ4v) is 1.45. The molecular weight excluding hydrogens is 218 g/mol. The van der Waals surface area contributed by atoms with Crippen LogP contribution in [-0.4, -0.2) is 21.5 Å². The van der Waals surface area contributed by atoms with E-state index in [2.05, 4.69) is 16.4 Å². The van der Waals surface area contributed by atoms with Crippen LogP contribution >= 0.6 is 0 Å². The fourth-order valence-electron chi connectivity index (χ4n) is 1.45. The average Bonchev–Trinajstić information content (AvgIpc) is 2.74. The van der Waals surface area contributed by atoms with Crippen molar-refractivity contribution < 1.29 is 14.3 Å². The predicted molar refractivity (Wildman–Crippen MR) is 62.8 cm³/mol. The zero-order valence-corrected chi connectivity index (χ0v) is 8.88. The Balaban J connectivity index is 2.33. The molecule has 17 heavy (non-hydrogen) atoms. The van der Waals surface area contributed by atoms with Crippen LogP contribution in [0.5, 0.6) is 5.75 Å². The molecule has 0 atom stereocenters. The van der Waals surface area contributed by atoms with E-state index in [1.807, 2.05) is 24.3 Å². The number of ether oxygens (including phenoxy) is 1. The third-order valence-electron chi connectivity index (χ3n) is 2.26. The molecule has 84 valence electrons. The number of esters is 1. The van der Waals surface area contributed by atoms with Gasteiger partial charge >= 0.3 is 11.7 Å². The van der Waals surface area contributed by atoms with Gasteiger partial charge in [-0.15, -0.1) is 0 Å². The van der Waals surface area contributed by atoms with E-state index in [0.717, 1.165) is 17.0 Å². The minimum atomic E-state index is -0.757. The maximum atomic E-state index is 11.5. The lowest BCUT2D eigenvalue weighted by Gasteiger charge is -1.97. The number of para-hydroxylation sites is 1. The van der Waals surface area contributed by atoms with Crippen LogP contribution < -0.4 is 4.74 Å². The number of aromatic nitrogens is 1. The third kappa shape index (κ3) is 2.00. The van der Waals surface area contributed by atoms with Crippen molar-refractivity contribution >= 4 is 22.6 Å². The Morgan fingerprint density at radius 3 is 2.94 bits per heavy atom. The maximum Gasteiger partial charge on any atom is 0.427 e. The highest BCUT2D eigenvalue weighted by Crippen LogP contribution is 2.24. The summed E-state index contributed by atoms with van der Waals surface area (Å²) in [6.07, 6.45) is 2.69. The van der Waals surface area contributed by atoms with Crippen LogP contribution in [0.15, 0.2) is 43.1 Å². The number of fused-ring (bicyclic) bond motifs is 1. The molecule has 2 rings (SSSR count). The van der Waals surface area contributed by atoms with Gasteiger partial charge in [0, 0.05) is 23.2 Å². The summed E-state index contributed by atoms with van der Waals surface area (Å²) in [7, 11) is 0. The van der Waals surface area contributed by atoms with Gasteiger partial charge in [0.25, 0.3) is 0 Å². The first-order chi connectivity index (χ1) is 8.26. The van der Waals surface area contributed by atoms with E-state index in [1.54, 1.807) is 6.20 Å². The molecule has 1 aromatic heterocycles. The van der Waals surface area contributed by atoms with Gasteiger partial charge in [-0.25, -0.2) is 4.79 Å². The molecule has 0 aliphatic rings. The molecule has 5 heteroatoms. The molecule has 0 bridgehead atoms. The van der Waals surface area contributed by atoms with E-state index in [1.165, 1.54) is 0 Å². The Bertz CT molecular complexity index is 636. The lowest BCUT2D eigenvalue weighted by molar-refractivity contribution is -0.131. The van der Waals surface area contributed by atoms with E-state index in [-0.39, 0.29) is 5.71 Å². The van der Waals surface area contributed by atoms with Gasteiger partial charge in [-0.05, 0) is 12.1 Å². The summed E-state index contributed by atoms with van der Waals surface area (Å²) >= 11 is 0. The van der Waals surface area contributed by atoms with Crippen LogP contribution in [0.25, 0.3) is 16.4 Å². The van der Waals surface area contributed by atoms with Crippen molar-refractivity contribution in [3.05, 3.63) is 48.6 Å². The van der Waals surface area contributed by atoms with E-state index in [0.29, 0.717) is 5.75 Å². The largest absolute Gasteiger partial charge is 0.427 e. The number of nitrogens with zero attached hydrogens (tertiary/aromatic N) is 2. The molecule has 0 spiro atoms. The molecule has 0 radical (unpaired) electrons. The van der Waals surface area contributed by atoms with Crippen LogP contribution in [0.2, 0.25) is 0 Å². The first kappa shape index (κ1) is 10.9. The Morgan fingerprint density at radius 1 is 1.47 bits per heavy atom. The van der Waals surface area contributed by atoms with Gasteiger partial charge in [-0.1, -0.05) is 18.7 Å². The van der Waals surface area contributed by atoms with E-state index >= 15 is 0 Å². The summed E-state index contributed by atoms with van der Waals surface area (Å²) in [4.78, 5) is 17.3. The zero-order chi connectivity index (χ0) is 12.3. The van der Waals surface area contributed by atoms with Gasteiger partial charge in [-0.2, -0.15) is 4.79 Å². The molecule has 2 aromatic rings. The summed E-state index contributed by atoms with van der Waals surface area (Å²) in [5.74, 6) is -0.374. The summed E-state index contributed by atoms with van der Waals surface area (Å²) < 4.78 is 5.08. The normalized spacial score (nSPS) is 9.65. The second kappa shape index (κ2) is 4.47. The van der Waals surface area contributed by atoms with Gasteiger partial charge in [-0.3, -0.25) is 0 Å². The maximum absolute atomic E-state index is 11.5. The van der Waals surface area contributed by atoms with Crippen LogP contribution in [0.3, 0.4) is 0 Å². The molecule has 0 aliphatic heterocycles. The van der Waals surface area contributed by atoms with Crippen LogP contribution in [-0.2, 0) is 4.79 Å². The molecule has 5 nitrogen and oxygen atoms in total. The van der Waals surface area contributed by atoms with Crippen molar-refractivity contribution in [1.82, 2.24) is 4.98 Å². The molecule has 0 amide bonds. The molecule has 0 saturated carbocycles. The number of carbonyl (C=O) groups is 1. The monoisotopic (exact) mass is 227 g/mol. The van der Waals surface area contributed by atoms with Crippen molar-refractivity contribution in [2.45, 2.75) is 0 Å². The van der Waals surface area contributed by atoms with Crippen LogP contribution in [0.1, 0.15) is 0 Å². The minimum absolute atomic E-state index is 0.240. The first-order valence-corrected chi connectivity index (χ1v) is 4.89. The fraction of sp³-hybridized carbons (Fsp3) is 0. The van der Waals surface area contributed by atoms with Crippen molar-refractivity contribution in [3.63, 3.8) is 0 Å². The molecule has 1 heterocycles. The number of rotatable bonds is 3. The average molecular weight is 227 g/mol. The summed E-state index contributed by atoms with van der Waals surface area (Å²) in [5, 5.41) is 0.780. The van der Waals surface area contributed by atoms with Crippen LogP contribution in [0, 0.1) is 0 Å². The Morgan fingerprint density at radius 2 is 2.24 bits per heavy atom. The Labute approximate surface area is 96.9 Å². The highest BCUT2D eigenvalue weighted by molar-refractivity contribution is 6.39. The van der Waals surface area contributed by atoms with Crippen molar-refractivity contribution in [2.75, 3.05) is 0 Å². The van der Waals surface area contributed by atoms with Gasteiger partial charge in [0.2, 0.25) is 0 Å².